The van der Waals surface area contributed by atoms with E-state index in [1.54, 1.807) is 6.07 Å². The third-order valence-corrected chi connectivity index (χ3v) is 3.77. The molecule has 20 heavy (non-hydrogen) atoms. The quantitative estimate of drug-likeness (QED) is 0.843. The van der Waals surface area contributed by atoms with Crippen LogP contribution in [0.3, 0.4) is 0 Å². The Balaban J connectivity index is 2.15. The zero-order chi connectivity index (χ0) is 14.7. The molecule has 2 aromatic carbocycles. The van der Waals surface area contributed by atoms with Crippen LogP contribution in [0.5, 0.6) is 0 Å². The van der Waals surface area contributed by atoms with Crippen molar-refractivity contribution < 1.29 is 14.3 Å². The van der Waals surface area contributed by atoms with Gasteiger partial charge in [0.15, 0.2) is 0 Å². The Morgan fingerprint density at radius 1 is 1.30 bits per heavy atom. The molecule has 0 atom stereocenters. The number of nitrogens with one attached hydrogen (secondary N) is 1. The lowest BCUT2D eigenvalue weighted by Crippen LogP contribution is -2.03. The first kappa shape index (κ1) is 14.8. The molecule has 0 unspecified atom stereocenters. The highest BCUT2D eigenvalue weighted by Gasteiger charge is 2.08. The van der Waals surface area contributed by atoms with E-state index in [-0.39, 0.29) is 11.4 Å². The van der Waals surface area contributed by atoms with E-state index in [0.29, 0.717) is 21.7 Å². The van der Waals surface area contributed by atoms with E-state index in [2.05, 4.69) is 21.2 Å². The van der Waals surface area contributed by atoms with Crippen LogP contribution in [0.4, 0.5) is 10.1 Å². The molecule has 0 amide bonds. The van der Waals surface area contributed by atoms with Crippen molar-refractivity contribution in [2.75, 3.05) is 5.32 Å². The first-order valence-electron chi connectivity index (χ1n) is 5.68. The smallest absolute Gasteiger partial charge is 0.335 e. The van der Waals surface area contributed by atoms with Gasteiger partial charge in [0, 0.05) is 11.0 Å². The number of hydrogen-bond donors (Lipinski definition) is 2. The van der Waals surface area contributed by atoms with Gasteiger partial charge in [-0.1, -0.05) is 33.6 Å². The standard InChI is InChI=1S/C14H10BrClFNO2/c15-11-5-8(14(19)20)1-2-9(11)7-18-13-6-10(17)3-4-12(13)16/h1-6,18H,7H2,(H,19,20). The zero-order valence-corrected chi connectivity index (χ0v) is 12.5. The van der Waals surface area contributed by atoms with Crippen LogP contribution in [-0.2, 0) is 6.54 Å². The Hall–Kier alpha value is -1.59. The van der Waals surface area contributed by atoms with Gasteiger partial charge in [0.2, 0.25) is 0 Å². The molecule has 0 bridgehead atoms. The number of benzene rings is 2. The highest BCUT2D eigenvalue weighted by molar-refractivity contribution is 9.10. The first-order valence-corrected chi connectivity index (χ1v) is 6.85. The fourth-order valence-corrected chi connectivity index (χ4v) is 2.35. The molecule has 3 nitrogen and oxygen atoms in total. The predicted molar refractivity (Wildman–Crippen MR) is 79.8 cm³/mol. The Bertz CT molecular complexity index is 664. The summed E-state index contributed by atoms with van der Waals surface area (Å²) in [4.78, 5) is 10.8. The normalized spacial score (nSPS) is 10.3. The van der Waals surface area contributed by atoms with Crippen molar-refractivity contribution in [2.45, 2.75) is 6.54 Å². The monoisotopic (exact) mass is 357 g/mol. The van der Waals surface area contributed by atoms with Gasteiger partial charge in [-0.25, -0.2) is 9.18 Å². The Kier molecular flexibility index (Phi) is 4.62. The van der Waals surface area contributed by atoms with Crippen molar-refractivity contribution in [2.24, 2.45) is 0 Å². The molecule has 2 N–H and O–H groups in total. The summed E-state index contributed by atoms with van der Waals surface area (Å²) in [6, 6.07) is 8.78. The number of aromatic carboxylic acids is 1. The van der Waals surface area contributed by atoms with Crippen LogP contribution in [0.15, 0.2) is 40.9 Å². The molecule has 0 aliphatic heterocycles. The van der Waals surface area contributed by atoms with Crippen LogP contribution in [0.25, 0.3) is 0 Å². The van der Waals surface area contributed by atoms with Gasteiger partial charge in [-0.2, -0.15) is 0 Å². The number of rotatable bonds is 4. The third kappa shape index (κ3) is 3.49. The lowest BCUT2D eigenvalue weighted by atomic mass is 10.1. The molecule has 6 heteroatoms. The number of anilines is 1. The van der Waals surface area contributed by atoms with E-state index in [1.165, 1.54) is 30.3 Å². The summed E-state index contributed by atoms with van der Waals surface area (Å²) in [6.45, 7) is 0.393. The number of halogens is 3. The molecule has 0 aliphatic carbocycles. The van der Waals surface area contributed by atoms with Crippen LogP contribution < -0.4 is 5.32 Å². The summed E-state index contributed by atoms with van der Waals surface area (Å²) in [5.41, 5.74) is 1.53. The largest absolute Gasteiger partial charge is 0.478 e. The Morgan fingerprint density at radius 2 is 2.05 bits per heavy atom. The van der Waals surface area contributed by atoms with E-state index >= 15 is 0 Å². The molecule has 0 aliphatic rings. The van der Waals surface area contributed by atoms with Crippen LogP contribution in [0.2, 0.25) is 5.02 Å². The second-order valence-electron chi connectivity index (χ2n) is 4.09. The minimum Gasteiger partial charge on any atom is -0.478 e. The maximum absolute atomic E-state index is 13.1. The van der Waals surface area contributed by atoms with E-state index in [0.717, 1.165) is 5.56 Å². The molecule has 0 spiro atoms. The average molecular weight is 359 g/mol. The molecule has 0 radical (unpaired) electrons. The number of carbonyl (C=O) groups is 1. The predicted octanol–water partition coefficient (Wildman–Crippen LogP) is 4.55. The Labute approximate surface area is 128 Å². The van der Waals surface area contributed by atoms with Crippen molar-refractivity contribution in [1.29, 1.82) is 0 Å². The number of hydrogen-bond acceptors (Lipinski definition) is 2. The summed E-state index contributed by atoms with van der Waals surface area (Å²) in [6.07, 6.45) is 0. The SMILES string of the molecule is O=C(O)c1ccc(CNc2cc(F)ccc2Cl)c(Br)c1. The first-order chi connectivity index (χ1) is 9.47. The second kappa shape index (κ2) is 6.24. The highest BCUT2D eigenvalue weighted by atomic mass is 79.9. The maximum atomic E-state index is 13.1. The second-order valence-corrected chi connectivity index (χ2v) is 5.35. The molecule has 2 rings (SSSR count). The minimum absolute atomic E-state index is 0.199. The van der Waals surface area contributed by atoms with Crippen molar-refractivity contribution >= 4 is 39.2 Å². The summed E-state index contributed by atoms with van der Waals surface area (Å²) >= 11 is 9.26. The topological polar surface area (TPSA) is 49.3 Å². The molecule has 0 heterocycles. The summed E-state index contributed by atoms with van der Waals surface area (Å²) in [5, 5.41) is 12.3. The molecule has 104 valence electrons. The van der Waals surface area contributed by atoms with Crippen LogP contribution in [0, 0.1) is 5.82 Å². The van der Waals surface area contributed by atoms with Crippen molar-refractivity contribution in [3.05, 3.63) is 62.8 Å². The zero-order valence-electron chi connectivity index (χ0n) is 10.2. The van der Waals surface area contributed by atoms with E-state index in [9.17, 15) is 9.18 Å². The molecule has 2 aromatic rings. The lowest BCUT2D eigenvalue weighted by molar-refractivity contribution is 0.0697. The fraction of sp³-hybridized carbons (Fsp3) is 0.0714. The van der Waals surface area contributed by atoms with E-state index in [1.807, 2.05) is 0 Å². The molecule has 0 saturated heterocycles. The Morgan fingerprint density at radius 3 is 2.70 bits per heavy atom. The summed E-state index contributed by atoms with van der Waals surface area (Å²) < 4.78 is 13.8. The number of carboxylic acid groups (broad SMARTS) is 1. The average Bonchev–Trinajstić information content (AvgIpc) is 2.40. The van der Waals surface area contributed by atoms with Crippen molar-refractivity contribution in [3.8, 4) is 0 Å². The van der Waals surface area contributed by atoms with Gasteiger partial charge in [-0.05, 0) is 35.9 Å². The van der Waals surface area contributed by atoms with Crippen molar-refractivity contribution in [3.63, 3.8) is 0 Å². The molecular formula is C14H10BrClFNO2. The number of carboxylic acids is 1. The fourth-order valence-electron chi connectivity index (χ4n) is 1.65. The maximum Gasteiger partial charge on any atom is 0.335 e. The van der Waals surface area contributed by atoms with Gasteiger partial charge in [0.1, 0.15) is 5.82 Å². The van der Waals surface area contributed by atoms with Gasteiger partial charge in [0.25, 0.3) is 0 Å². The van der Waals surface area contributed by atoms with Gasteiger partial charge < -0.3 is 10.4 Å². The summed E-state index contributed by atoms with van der Waals surface area (Å²) in [7, 11) is 0. The lowest BCUT2D eigenvalue weighted by Gasteiger charge is -2.10. The summed E-state index contributed by atoms with van der Waals surface area (Å²) in [5.74, 6) is -1.37. The minimum atomic E-state index is -0.988. The van der Waals surface area contributed by atoms with Crippen LogP contribution >= 0.6 is 27.5 Å². The van der Waals surface area contributed by atoms with Gasteiger partial charge in [-0.3, -0.25) is 0 Å². The highest BCUT2D eigenvalue weighted by Crippen LogP contribution is 2.25. The van der Waals surface area contributed by atoms with Gasteiger partial charge in [-0.15, -0.1) is 0 Å². The van der Waals surface area contributed by atoms with Crippen LogP contribution in [0.1, 0.15) is 15.9 Å². The van der Waals surface area contributed by atoms with Gasteiger partial charge in [0.05, 0.1) is 16.3 Å². The van der Waals surface area contributed by atoms with Crippen LogP contribution in [-0.4, -0.2) is 11.1 Å². The van der Waals surface area contributed by atoms with Crippen molar-refractivity contribution in [1.82, 2.24) is 0 Å². The van der Waals surface area contributed by atoms with Gasteiger partial charge >= 0.3 is 5.97 Å². The molecule has 0 fully saturated rings. The molecule has 0 saturated carbocycles. The van der Waals surface area contributed by atoms with E-state index < -0.39 is 5.97 Å². The van der Waals surface area contributed by atoms with E-state index in [4.69, 9.17) is 16.7 Å². The molecular weight excluding hydrogens is 349 g/mol. The molecule has 0 aromatic heterocycles. The third-order valence-electron chi connectivity index (χ3n) is 2.70.